The van der Waals surface area contributed by atoms with Gasteiger partial charge in [0.25, 0.3) is 0 Å². The molecule has 0 aliphatic heterocycles. The van der Waals surface area contributed by atoms with Crippen LogP contribution in [0.3, 0.4) is 0 Å². The molecule has 0 aliphatic carbocycles. The average Bonchev–Trinajstić information content (AvgIpc) is 2.46. The number of anilines is 1. The van der Waals surface area contributed by atoms with E-state index in [4.69, 9.17) is 5.11 Å². The Kier molecular flexibility index (Phi) is 4.72. The molecule has 0 amide bonds. The molecule has 0 heterocycles. The van der Waals surface area contributed by atoms with Crippen LogP contribution in [-0.4, -0.2) is 18.1 Å². The van der Waals surface area contributed by atoms with Crippen molar-refractivity contribution in [3.8, 4) is 0 Å². The summed E-state index contributed by atoms with van der Waals surface area (Å²) in [6, 6.07) is 14.0. The van der Waals surface area contributed by atoms with Gasteiger partial charge in [0.15, 0.2) is 0 Å². The number of carboxylic acids is 1. The third-order valence-corrected chi connectivity index (χ3v) is 3.07. The molecular weight excluding hydrogens is 269 g/mol. The van der Waals surface area contributed by atoms with Gasteiger partial charge in [-0.15, -0.1) is 0 Å². The molecule has 0 radical (unpaired) electrons. The fraction of sp³-hybridized carbons (Fsp3) is 0.118. The largest absolute Gasteiger partial charge is 0.478 e. The van der Waals surface area contributed by atoms with E-state index in [1.165, 1.54) is 12.1 Å². The standard InChI is InChI=1S/C17H16FNO2/c1-19(16-4-2-3-15(18)11-16)12-14-7-5-13(6-8-14)9-10-17(20)21/h2-11H,12H2,1H3,(H,20,21). The molecule has 2 aromatic rings. The number of hydrogen-bond donors (Lipinski definition) is 1. The third kappa shape index (κ3) is 4.45. The Morgan fingerprint density at radius 3 is 2.57 bits per heavy atom. The van der Waals surface area contributed by atoms with Gasteiger partial charge in [-0.3, -0.25) is 0 Å². The average molecular weight is 285 g/mol. The minimum Gasteiger partial charge on any atom is -0.478 e. The maximum Gasteiger partial charge on any atom is 0.328 e. The summed E-state index contributed by atoms with van der Waals surface area (Å²) in [4.78, 5) is 12.4. The molecule has 21 heavy (non-hydrogen) atoms. The van der Waals surface area contributed by atoms with E-state index in [-0.39, 0.29) is 5.82 Å². The van der Waals surface area contributed by atoms with Crippen LogP contribution in [0.25, 0.3) is 6.08 Å². The van der Waals surface area contributed by atoms with Crippen LogP contribution in [0.4, 0.5) is 10.1 Å². The van der Waals surface area contributed by atoms with Crippen LogP contribution < -0.4 is 4.90 Å². The SMILES string of the molecule is CN(Cc1ccc(C=CC(=O)O)cc1)c1cccc(F)c1. The fourth-order valence-electron chi connectivity index (χ4n) is 1.98. The predicted octanol–water partition coefficient (Wildman–Crippen LogP) is 3.56. The topological polar surface area (TPSA) is 40.5 Å². The Hall–Kier alpha value is -2.62. The highest BCUT2D eigenvalue weighted by Crippen LogP contribution is 2.17. The van der Waals surface area contributed by atoms with Crippen molar-refractivity contribution in [2.45, 2.75) is 6.54 Å². The van der Waals surface area contributed by atoms with Gasteiger partial charge in [-0.05, 0) is 35.4 Å². The lowest BCUT2D eigenvalue weighted by molar-refractivity contribution is -0.131. The molecule has 0 saturated carbocycles. The van der Waals surface area contributed by atoms with E-state index in [2.05, 4.69) is 0 Å². The first kappa shape index (κ1) is 14.8. The Labute approximate surface area is 123 Å². The monoisotopic (exact) mass is 285 g/mol. The molecule has 0 spiro atoms. The lowest BCUT2D eigenvalue weighted by atomic mass is 10.1. The van der Waals surface area contributed by atoms with Crippen LogP contribution in [0, 0.1) is 5.82 Å². The molecule has 2 rings (SSSR count). The molecule has 4 heteroatoms. The Morgan fingerprint density at radius 2 is 1.95 bits per heavy atom. The summed E-state index contributed by atoms with van der Waals surface area (Å²) in [5.41, 5.74) is 2.70. The highest BCUT2D eigenvalue weighted by Gasteiger charge is 2.03. The molecule has 0 fully saturated rings. The zero-order valence-electron chi connectivity index (χ0n) is 11.7. The maximum atomic E-state index is 13.2. The number of benzene rings is 2. The minimum atomic E-state index is -0.968. The molecule has 0 unspecified atom stereocenters. The summed E-state index contributed by atoms with van der Waals surface area (Å²) in [5, 5.41) is 8.57. The molecular formula is C17H16FNO2. The van der Waals surface area contributed by atoms with Gasteiger partial charge < -0.3 is 10.0 Å². The lowest BCUT2D eigenvalue weighted by Crippen LogP contribution is -2.16. The first-order chi connectivity index (χ1) is 10.0. The second-order valence-electron chi connectivity index (χ2n) is 4.75. The Balaban J connectivity index is 2.04. The van der Waals surface area contributed by atoms with Crippen molar-refractivity contribution in [1.29, 1.82) is 0 Å². The van der Waals surface area contributed by atoms with Gasteiger partial charge in [0.1, 0.15) is 5.82 Å². The minimum absolute atomic E-state index is 0.256. The number of carboxylic acid groups (broad SMARTS) is 1. The summed E-state index contributed by atoms with van der Waals surface area (Å²) < 4.78 is 13.2. The van der Waals surface area contributed by atoms with Crippen LogP contribution in [0.1, 0.15) is 11.1 Å². The molecule has 0 aromatic heterocycles. The summed E-state index contributed by atoms with van der Waals surface area (Å²) in [7, 11) is 1.90. The van der Waals surface area contributed by atoms with E-state index in [0.717, 1.165) is 22.9 Å². The second kappa shape index (κ2) is 6.70. The van der Waals surface area contributed by atoms with Crippen molar-refractivity contribution >= 4 is 17.7 Å². The first-order valence-electron chi connectivity index (χ1n) is 6.51. The fourth-order valence-corrected chi connectivity index (χ4v) is 1.98. The molecule has 2 aromatic carbocycles. The zero-order valence-corrected chi connectivity index (χ0v) is 11.7. The van der Waals surface area contributed by atoms with Gasteiger partial charge in [-0.1, -0.05) is 30.3 Å². The first-order valence-corrected chi connectivity index (χ1v) is 6.51. The molecule has 108 valence electrons. The molecule has 3 nitrogen and oxygen atoms in total. The number of nitrogens with zero attached hydrogens (tertiary/aromatic N) is 1. The Morgan fingerprint density at radius 1 is 1.24 bits per heavy atom. The van der Waals surface area contributed by atoms with Gasteiger partial charge in [0.2, 0.25) is 0 Å². The Bertz CT molecular complexity index is 650. The molecule has 0 saturated heterocycles. The molecule has 0 aliphatic rings. The predicted molar refractivity (Wildman–Crippen MR) is 81.6 cm³/mol. The number of rotatable bonds is 5. The molecule has 0 atom stereocenters. The van der Waals surface area contributed by atoms with Crippen LogP contribution in [0.5, 0.6) is 0 Å². The van der Waals surface area contributed by atoms with Crippen LogP contribution in [0.15, 0.2) is 54.6 Å². The number of halogens is 1. The van der Waals surface area contributed by atoms with E-state index in [9.17, 15) is 9.18 Å². The maximum absolute atomic E-state index is 13.2. The molecule has 1 N–H and O–H groups in total. The second-order valence-corrected chi connectivity index (χ2v) is 4.75. The van der Waals surface area contributed by atoms with Gasteiger partial charge in [0.05, 0.1) is 0 Å². The van der Waals surface area contributed by atoms with Crippen molar-refractivity contribution in [3.05, 3.63) is 71.6 Å². The van der Waals surface area contributed by atoms with Gasteiger partial charge >= 0.3 is 5.97 Å². The highest BCUT2D eigenvalue weighted by molar-refractivity contribution is 5.85. The summed E-state index contributed by atoms with van der Waals surface area (Å²) >= 11 is 0. The van der Waals surface area contributed by atoms with Crippen LogP contribution >= 0.6 is 0 Å². The van der Waals surface area contributed by atoms with E-state index in [0.29, 0.717) is 6.54 Å². The van der Waals surface area contributed by atoms with E-state index >= 15 is 0 Å². The number of hydrogen-bond acceptors (Lipinski definition) is 2. The van der Waals surface area contributed by atoms with Gasteiger partial charge in [0, 0.05) is 25.4 Å². The highest BCUT2D eigenvalue weighted by atomic mass is 19.1. The summed E-state index contributed by atoms with van der Waals surface area (Å²) in [6.07, 6.45) is 2.65. The number of aliphatic carboxylic acids is 1. The summed E-state index contributed by atoms with van der Waals surface area (Å²) in [6.45, 7) is 0.645. The lowest BCUT2D eigenvalue weighted by Gasteiger charge is -2.19. The van der Waals surface area contributed by atoms with E-state index in [1.54, 1.807) is 12.1 Å². The van der Waals surface area contributed by atoms with Crippen molar-refractivity contribution < 1.29 is 14.3 Å². The van der Waals surface area contributed by atoms with Crippen LogP contribution in [0.2, 0.25) is 0 Å². The third-order valence-electron chi connectivity index (χ3n) is 3.07. The van der Waals surface area contributed by atoms with Crippen molar-refractivity contribution in [2.24, 2.45) is 0 Å². The normalized spacial score (nSPS) is 10.8. The van der Waals surface area contributed by atoms with Crippen molar-refractivity contribution in [2.75, 3.05) is 11.9 Å². The van der Waals surface area contributed by atoms with Crippen molar-refractivity contribution in [3.63, 3.8) is 0 Å². The number of carbonyl (C=O) groups is 1. The quantitative estimate of drug-likeness (QED) is 0.854. The zero-order chi connectivity index (χ0) is 15.2. The van der Waals surface area contributed by atoms with Gasteiger partial charge in [-0.2, -0.15) is 0 Å². The molecule has 0 bridgehead atoms. The van der Waals surface area contributed by atoms with Gasteiger partial charge in [-0.25, -0.2) is 9.18 Å². The van der Waals surface area contributed by atoms with E-state index in [1.807, 2.05) is 42.3 Å². The summed E-state index contributed by atoms with van der Waals surface area (Å²) in [5.74, 6) is -1.22. The van der Waals surface area contributed by atoms with Crippen molar-refractivity contribution in [1.82, 2.24) is 0 Å². The smallest absolute Gasteiger partial charge is 0.328 e. The van der Waals surface area contributed by atoms with Crippen LogP contribution in [-0.2, 0) is 11.3 Å². The van der Waals surface area contributed by atoms with E-state index < -0.39 is 5.97 Å².